The van der Waals surface area contributed by atoms with Gasteiger partial charge in [0.25, 0.3) is 0 Å². The van der Waals surface area contributed by atoms with Gasteiger partial charge in [0.15, 0.2) is 0 Å². The molecular formula is C11H11ClFNO2. The third-order valence-electron chi connectivity index (χ3n) is 2.22. The second-order valence-electron chi connectivity index (χ2n) is 3.34. The first-order valence-corrected chi connectivity index (χ1v) is 5.25. The van der Waals surface area contributed by atoms with E-state index >= 15 is 0 Å². The molecule has 1 aromatic carbocycles. The van der Waals surface area contributed by atoms with Crippen LogP contribution in [0.5, 0.6) is 0 Å². The molecule has 0 bridgehead atoms. The lowest BCUT2D eigenvalue weighted by molar-refractivity contribution is 0.0168. The number of aliphatic hydroxyl groups is 2. The summed E-state index contributed by atoms with van der Waals surface area (Å²) in [6.07, 6.45) is -2.02. The van der Waals surface area contributed by atoms with Crippen LogP contribution in [0.15, 0.2) is 18.2 Å². The number of aliphatic hydroxyl groups excluding tert-OH is 2. The molecule has 2 unspecified atom stereocenters. The Morgan fingerprint density at radius 3 is 2.62 bits per heavy atom. The molecule has 0 saturated carbocycles. The van der Waals surface area contributed by atoms with E-state index in [1.165, 1.54) is 12.1 Å². The van der Waals surface area contributed by atoms with Gasteiger partial charge in [-0.3, -0.25) is 0 Å². The number of alkyl halides is 1. The first-order valence-electron chi connectivity index (χ1n) is 4.71. The summed E-state index contributed by atoms with van der Waals surface area (Å²) in [4.78, 5) is 0. The molecule has 5 heteroatoms. The van der Waals surface area contributed by atoms with Crippen molar-refractivity contribution < 1.29 is 14.6 Å². The summed E-state index contributed by atoms with van der Waals surface area (Å²) in [5, 5.41) is 27.6. The van der Waals surface area contributed by atoms with E-state index in [0.29, 0.717) is 0 Å². The van der Waals surface area contributed by atoms with Crippen LogP contribution in [0.2, 0.25) is 0 Å². The molecule has 0 saturated heterocycles. The van der Waals surface area contributed by atoms with Crippen LogP contribution in [-0.4, -0.2) is 22.2 Å². The monoisotopic (exact) mass is 243 g/mol. The molecule has 0 radical (unpaired) electrons. The summed E-state index contributed by atoms with van der Waals surface area (Å²) in [5.74, 6) is -0.506. The van der Waals surface area contributed by atoms with Crippen molar-refractivity contribution in [1.29, 1.82) is 5.26 Å². The zero-order valence-corrected chi connectivity index (χ0v) is 9.15. The quantitative estimate of drug-likeness (QED) is 0.792. The Bertz CT molecular complexity index is 405. The van der Waals surface area contributed by atoms with Gasteiger partial charge in [0, 0.05) is 5.88 Å². The normalized spacial score (nSPS) is 14.2. The van der Waals surface area contributed by atoms with Crippen molar-refractivity contribution in [2.45, 2.75) is 18.6 Å². The largest absolute Gasteiger partial charge is 0.390 e. The first-order chi connectivity index (χ1) is 7.60. The highest BCUT2D eigenvalue weighted by Gasteiger charge is 2.18. The smallest absolute Gasteiger partial charge is 0.141 e. The molecule has 0 heterocycles. The molecule has 0 amide bonds. The Morgan fingerprint density at radius 1 is 1.44 bits per heavy atom. The molecular weight excluding hydrogens is 233 g/mol. The maximum atomic E-state index is 13.2. The molecule has 2 atom stereocenters. The van der Waals surface area contributed by atoms with Gasteiger partial charge in [0.05, 0.1) is 11.7 Å². The van der Waals surface area contributed by atoms with E-state index in [9.17, 15) is 14.6 Å². The highest BCUT2D eigenvalue weighted by atomic mass is 35.5. The van der Waals surface area contributed by atoms with Crippen molar-refractivity contribution in [1.82, 2.24) is 0 Å². The first kappa shape index (κ1) is 12.9. The summed E-state index contributed by atoms with van der Waals surface area (Å²) in [6.45, 7) is 0. The molecule has 0 aliphatic heterocycles. The zero-order chi connectivity index (χ0) is 12.1. The van der Waals surface area contributed by atoms with Crippen molar-refractivity contribution in [3.63, 3.8) is 0 Å². The molecule has 1 aromatic rings. The minimum atomic E-state index is -1.19. The molecule has 16 heavy (non-hydrogen) atoms. The summed E-state index contributed by atoms with van der Waals surface area (Å²) in [6, 6.07) is 5.39. The molecule has 0 aliphatic rings. The number of hydrogen-bond donors (Lipinski definition) is 2. The minimum Gasteiger partial charge on any atom is -0.390 e. The molecule has 1 rings (SSSR count). The van der Waals surface area contributed by atoms with Crippen LogP contribution in [0.1, 0.15) is 23.7 Å². The average Bonchev–Trinajstić information content (AvgIpc) is 2.28. The average molecular weight is 244 g/mol. The number of nitriles is 1. The standard InChI is InChI=1S/C11H11ClFNO2/c12-4-3-10(15)11(16)7-1-2-8(6-14)9(13)5-7/h1-2,5,10-11,15-16H,3-4H2. The van der Waals surface area contributed by atoms with Gasteiger partial charge in [-0.2, -0.15) is 5.26 Å². The third-order valence-corrected chi connectivity index (χ3v) is 2.44. The Hall–Kier alpha value is -1.15. The van der Waals surface area contributed by atoms with E-state index in [2.05, 4.69) is 0 Å². The second kappa shape index (κ2) is 5.80. The third kappa shape index (κ3) is 2.92. The molecule has 0 aromatic heterocycles. The van der Waals surface area contributed by atoms with Crippen LogP contribution >= 0.6 is 11.6 Å². The van der Waals surface area contributed by atoms with Crippen LogP contribution in [0, 0.1) is 17.1 Å². The van der Waals surface area contributed by atoms with Gasteiger partial charge >= 0.3 is 0 Å². The van der Waals surface area contributed by atoms with Crippen LogP contribution in [0.25, 0.3) is 0 Å². The van der Waals surface area contributed by atoms with E-state index < -0.39 is 18.0 Å². The van der Waals surface area contributed by atoms with Crippen LogP contribution in [0.4, 0.5) is 4.39 Å². The molecule has 0 spiro atoms. The fourth-order valence-corrected chi connectivity index (χ4v) is 1.52. The molecule has 0 fully saturated rings. The summed E-state index contributed by atoms with van der Waals surface area (Å²) in [5.41, 5.74) is 0.136. The fraction of sp³-hybridized carbons (Fsp3) is 0.364. The lowest BCUT2D eigenvalue weighted by atomic mass is 10.0. The van der Waals surface area contributed by atoms with Gasteiger partial charge in [0.1, 0.15) is 18.0 Å². The molecule has 0 aliphatic carbocycles. The van der Waals surface area contributed by atoms with E-state index in [-0.39, 0.29) is 23.4 Å². The Kier molecular flexibility index (Phi) is 4.69. The van der Waals surface area contributed by atoms with Crippen molar-refractivity contribution in [2.75, 3.05) is 5.88 Å². The number of rotatable bonds is 4. The predicted octanol–water partition coefficient (Wildman–Crippen LogP) is 1.72. The van der Waals surface area contributed by atoms with E-state index in [1.54, 1.807) is 6.07 Å². The highest BCUT2D eigenvalue weighted by molar-refractivity contribution is 6.17. The topological polar surface area (TPSA) is 64.2 Å². The molecule has 2 N–H and O–H groups in total. The van der Waals surface area contributed by atoms with Crippen molar-refractivity contribution in [2.24, 2.45) is 0 Å². The van der Waals surface area contributed by atoms with Crippen LogP contribution in [-0.2, 0) is 0 Å². The summed E-state index contributed by atoms with van der Waals surface area (Å²) in [7, 11) is 0. The zero-order valence-electron chi connectivity index (χ0n) is 8.40. The maximum absolute atomic E-state index is 13.2. The lowest BCUT2D eigenvalue weighted by Gasteiger charge is -2.17. The van der Waals surface area contributed by atoms with Crippen molar-refractivity contribution in [3.05, 3.63) is 35.1 Å². The summed E-state index contributed by atoms with van der Waals surface area (Å²) >= 11 is 5.42. The van der Waals surface area contributed by atoms with Gasteiger partial charge in [-0.15, -0.1) is 11.6 Å². The molecule has 86 valence electrons. The summed E-state index contributed by atoms with van der Waals surface area (Å²) < 4.78 is 13.2. The van der Waals surface area contributed by atoms with Crippen LogP contribution in [0.3, 0.4) is 0 Å². The Morgan fingerprint density at radius 2 is 2.12 bits per heavy atom. The number of hydrogen-bond acceptors (Lipinski definition) is 3. The maximum Gasteiger partial charge on any atom is 0.141 e. The predicted molar refractivity (Wildman–Crippen MR) is 57.4 cm³/mol. The Labute approximate surface area is 97.7 Å². The second-order valence-corrected chi connectivity index (χ2v) is 3.72. The van der Waals surface area contributed by atoms with E-state index in [1.807, 2.05) is 0 Å². The van der Waals surface area contributed by atoms with Gasteiger partial charge in [0.2, 0.25) is 0 Å². The number of halogens is 2. The number of nitrogens with zero attached hydrogens (tertiary/aromatic N) is 1. The van der Waals surface area contributed by atoms with Gasteiger partial charge in [-0.1, -0.05) is 6.07 Å². The van der Waals surface area contributed by atoms with E-state index in [4.69, 9.17) is 16.9 Å². The SMILES string of the molecule is N#Cc1ccc(C(O)C(O)CCCl)cc1F. The van der Waals surface area contributed by atoms with Crippen molar-refractivity contribution in [3.8, 4) is 6.07 Å². The van der Waals surface area contributed by atoms with Crippen molar-refractivity contribution >= 4 is 11.6 Å². The number of benzene rings is 1. The fourth-order valence-electron chi connectivity index (χ4n) is 1.30. The Balaban J connectivity index is 2.89. The van der Waals surface area contributed by atoms with Gasteiger partial charge in [-0.25, -0.2) is 4.39 Å². The highest BCUT2D eigenvalue weighted by Crippen LogP contribution is 2.21. The van der Waals surface area contributed by atoms with Crippen LogP contribution < -0.4 is 0 Å². The molecule has 3 nitrogen and oxygen atoms in total. The minimum absolute atomic E-state index is 0.0946. The van der Waals surface area contributed by atoms with Gasteiger partial charge < -0.3 is 10.2 Å². The lowest BCUT2D eigenvalue weighted by Crippen LogP contribution is -2.18. The van der Waals surface area contributed by atoms with Gasteiger partial charge in [-0.05, 0) is 24.1 Å². The van der Waals surface area contributed by atoms with E-state index in [0.717, 1.165) is 6.07 Å².